The summed E-state index contributed by atoms with van der Waals surface area (Å²) in [6.45, 7) is 2.17. The molecule has 0 atom stereocenters. The van der Waals surface area contributed by atoms with Gasteiger partial charge in [-0.25, -0.2) is 0 Å². The van der Waals surface area contributed by atoms with Gasteiger partial charge in [0.2, 0.25) is 5.90 Å². The van der Waals surface area contributed by atoms with E-state index in [1.807, 2.05) is 49.4 Å². The SMILES string of the molecule is CCOC1=NN(c2ccc([N+](=O)[O-])cc2)C(=O)C1=Cc1cccc2ccccc12. The summed E-state index contributed by atoms with van der Waals surface area (Å²) in [7, 11) is 0. The van der Waals surface area contributed by atoms with Crippen molar-refractivity contribution in [3.05, 3.63) is 88.0 Å². The first-order valence-electron chi connectivity index (χ1n) is 9.08. The number of nitro groups is 1. The first-order valence-corrected chi connectivity index (χ1v) is 9.08. The number of carbonyl (C=O) groups excluding carboxylic acids is 1. The maximum absolute atomic E-state index is 13.1. The molecule has 29 heavy (non-hydrogen) atoms. The van der Waals surface area contributed by atoms with Crippen molar-refractivity contribution in [2.45, 2.75) is 6.92 Å². The Labute approximate surface area is 166 Å². The van der Waals surface area contributed by atoms with E-state index in [9.17, 15) is 14.9 Å². The quantitative estimate of drug-likeness (QED) is 0.374. The van der Waals surface area contributed by atoms with Gasteiger partial charge in [0.05, 0.1) is 17.2 Å². The molecule has 0 unspecified atom stereocenters. The smallest absolute Gasteiger partial charge is 0.284 e. The summed E-state index contributed by atoms with van der Waals surface area (Å²) < 4.78 is 5.59. The number of carbonyl (C=O) groups is 1. The Kier molecular flexibility index (Phi) is 4.78. The van der Waals surface area contributed by atoms with Crippen LogP contribution in [0.2, 0.25) is 0 Å². The number of hydrogen-bond acceptors (Lipinski definition) is 5. The first-order chi connectivity index (χ1) is 14.1. The van der Waals surface area contributed by atoms with Gasteiger partial charge in [-0.3, -0.25) is 14.9 Å². The molecule has 0 aromatic heterocycles. The lowest BCUT2D eigenvalue weighted by Gasteiger charge is -2.10. The molecule has 1 amide bonds. The van der Waals surface area contributed by atoms with Crippen molar-refractivity contribution in [3.63, 3.8) is 0 Å². The van der Waals surface area contributed by atoms with Gasteiger partial charge < -0.3 is 4.74 Å². The van der Waals surface area contributed by atoms with Crippen molar-refractivity contribution >= 4 is 40.0 Å². The monoisotopic (exact) mass is 387 g/mol. The van der Waals surface area contributed by atoms with E-state index in [2.05, 4.69) is 5.10 Å². The highest BCUT2D eigenvalue weighted by molar-refractivity contribution is 6.30. The second-order valence-electron chi connectivity index (χ2n) is 6.36. The predicted molar refractivity (Wildman–Crippen MR) is 112 cm³/mol. The van der Waals surface area contributed by atoms with Crippen LogP contribution < -0.4 is 5.01 Å². The van der Waals surface area contributed by atoms with Crippen LogP contribution in [0.5, 0.6) is 0 Å². The molecule has 7 heteroatoms. The predicted octanol–water partition coefficient (Wildman–Crippen LogP) is 4.53. The molecule has 0 radical (unpaired) electrons. The summed E-state index contributed by atoms with van der Waals surface area (Å²) in [5, 5.41) is 18.4. The fourth-order valence-corrected chi connectivity index (χ4v) is 3.18. The second kappa shape index (κ2) is 7.55. The molecule has 0 fully saturated rings. The molecule has 0 bridgehead atoms. The van der Waals surface area contributed by atoms with Crippen molar-refractivity contribution in [1.82, 2.24) is 0 Å². The number of nitrogens with zero attached hydrogens (tertiary/aromatic N) is 3. The molecule has 1 aliphatic rings. The van der Waals surface area contributed by atoms with Crippen LogP contribution in [0.1, 0.15) is 12.5 Å². The molecule has 0 saturated carbocycles. The number of nitro benzene ring substituents is 1. The molecular weight excluding hydrogens is 370 g/mol. The average Bonchev–Trinajstić information content (AvgIpc) is 3.04. The maximum atomic E-state index is 13.1. The molecule has 4 rings (SSSR count). The van der Waals surface area contributed by atoms with Gasteiger partial charge in [0.1, 0.15) is 5.57 Å². The minimum Gasteiger partial charge on any atom is -0.476 e. The lowest BCUT2D eigenvalue weighted by molar-refractivity contribution is -0.384. The number of ether oxygens (including phenoxy) is 1. The molecule has 0 spiro atoms. The number of non-ortho nitro benzene ring substituents is 1. The van der Waals surface area contributed by atoms with Crippen LogP contribution in [0, 0.1) is 10.1 Å². The molecule has 0 N–H and O–H groups in total. The van der Waals surface area contributed by atoms with E-state index in [0.29, 0.717) is 17.9 Å². The van der Waals surface area contributed by atoms with Gasteiger partial charge >= 0.3 is 0 Å². The van der Waals surface area contributed by atoms with Crippen molar-refractivity contribution in [2.75, 3.05) is 11.6 Å². The van der Waals surface area contributed by atoms with Gasteiger partial charge in [0, 0.05) is 12.1 Å². The molecule has 0 aliphatic carbocycles. The zero-order valence-corrected chi connectivity index (χ0v) is 15.6. The van der Waals surface area contributed by atoms with Crippen molar-refractivity contribution in [2.24, 2.45) is 5.10 Å². The standard InChI is InChI=1S/C22H17N3O4/c1-2-29-21-20(14-16-8-5-7-15-6-3-4-9-19(15)16)22(26)24(23-21)17-10-12-18(13-11-17)25(27)28/h3-14H,2H2,1H3. The summed E-state index contributed by atoms with van der Waals surface area (Å²) >= 11 is 0. The summed E-state index contributed by atoms with van der Waals surface area (Å²) in [5.74, 6) is -0.126. The van der Waals surface area contributed by atoms with E-state index >= 15 is 0 Å². The Bertz CT molecular complexity index is 1160. The van der Waals surface area contributed by atoms with E-state index in [4.69, 9.17) is 4.74 Å². The van der Waals surface area contributed by atoms with Crippen LogP contribution in [-0.2, 0) is 9.53 Å². The topological polar surface area (TPSA) is 85.0 Å². The molecule has 3 aromatic rings. The van der Waals surface area contributed by atoms with Crippen LogP contribution in [0.4, 0.5) is 11.4 Å². The number of hydrogen-bond donors (Lipinski definition) is 0. The van der Waals surface area contributed by atoms with Crippen molar-refractivity contribution in [1.29, 1.82) is 0 Å². The molecule has 144 valence electrons. The van der Waals surface area contributed by atoms with Crippen molar-refractivity contribution in [3.8, 4) is 0 Å². The first kappa shape index (κ1) is 18.4. The lowest BCUT2D eigenvalue weighted by atomic mass is 10.0. The van der Waals surface area contributed by atoms with E-state index < -0.39 is 4.92 Å². The summed E-state index contributed by atoms with van der Waals surface area (Å²) in [6, 6.07) is 19.4. The Balaban J connectivity index is 1.75. The zero-order chi connectivity index (χ0) is 20.4. The molecule has 1 aliphatic heterocycles. The molecule has 0 saturated heterocycles. The van der Waals surface area contributed by atoms with Gasteiger partial charge in [0.25, 0.3) is 11.6 Å². The second-order valence-corrected chi connectivity index (χ2v) is 6.36. The Hall–Kier alpha value is -4.00. The molecule has 7 nitrogen and oxygen atoms in total. The van der Waals surface area contributed by atoms with Gasteiger partial charge in [0.15, 0.2) is 0 Å². The Morgan fingerprint density at radius 3 is 2.52 bits per heavy atom. The lowest BCUT2D eigenvalue weighted by Crippen LogP contribution is -2.21. The van der Waals surface area contributed by atoms with Crippen LogP contribution in [0.3, 0.4) is 0 Å². The number of anilines is 1. The normalized spacial score (nSPS) is 15.1. The summed E-state index contributed by atoms with van der Waals surface area (Å²) in [5.41, 5.74) is 1.59. The van der Waals surface area contributed by atoms with E-state index in [1.54, 1.807) is 6.08 Å². The molecular formula is C22H17N3O4. The van der Waals surface area contributed by atoms with E-state index in [0.717, 1.165) is 16.3 Å². The number of fused-ring (bicyclic) bond motifs is 1. The van der Waals surface area contributed by atoms with Crippen molar-refractivity contribution < 1.29 is 14.5 Å². The van der Waals surface area contributed by atoms with Crippen LogP contribution in [0.25, 0.3) is 16.8 Å². The maximum Gasteiger partial charge on any atom is 0.284 e. The zero-order valence-electron chi connectivity index (χ0n) is 15.6. The molecule has 1 heterocycles. The highest BCUT2D eigenvalue weighted by Gasteiger charge is 2.33. The fraction of sp³-hybridized carbons (Fsp3) is 0.0909. The average molecular weight is 387 g/mol. The summed E-state index contributed by atoms with van der Waals surface area (Å²) in [4.78, 5) is 23.5. The number of benzene rings is 3. The minimum atomic E-state index is -0.490. The largest absolute Gasteiger partial charge is 0.476 e. The highest BCUT2D eigenvalue weighted by atomic mass is 16.6. The third-order valence-corrected chi connectivity index (χ3v) is 4.55. The van der Waals surface area contributed by atoms with E-state index in [1.165, 1.54) is 29.3 Å². The highest BCUT2D eigenvalue weighted by Crippen LogP contribution is 2.28. The van der Waals surface area contributed by atoms with Gasteiger partial charge in [-0.2, -0.15) is 5.01 Å². The summed E-state index contributed by atoms with van der Waals surface area (Å²) in [6.07, 6.45) is 1.77. The van der Waals surface area contributed by atoms with Crippen LogP contribution in [-0.4, -0.2) is 23.3 Å². The number of amides is 1. The Morgan fingerprint density at radius 1 is 1.07 bits per heavy atom. The van der Waals surface area contributed by atoms with Gasteiger partial charge in [-0.1, -0.05) is 42.5 Å². The molecule has 3 aromatic carbocycles. The minimum absolute atomic E-state index is 0.0547. The van der Waals surface area contributed by atoms with Gasteiger partial charge in [-0.15, -0.1) is 5.10 Å². The Morgan fingerprint density at radius 2 is 1.79 bits per heavy atom. The number of hydrazone groups is 1. The van der Waals surface area contributed by atoms with E-state index in [-0.39, 0.29) is 17.5 Å². The fourth-order valence-electron chi connectivity index (χ4n) is 3.18. The van der Waals surface area contributed by atoms with Gasteiger partial charge in [-0.05, 0) is 41.5 Å². The van der Waals surface area contributed by atoms with Crippen LogP contribution in [0.15, 0.2) is 77.4 Å². The third-order valence-electron chi connectivity index (χ3n) is 4.55. The third kappa shape index (κ3) is 3.45. The van der Waals surface area contributed by atoms with Crippen LogP contribution >= 0.6 is 0 Å². The number of rotatable bonds is 4.